The Kier molecular flexibility index (Phi) is 27.0. The molecular weight excluding hydrogens is 919 g/mol. The Bertz CT molecular complexity index is 2030. The number of guanidine groups is 1. The first-order valence-corrected chi connectivity index (χ1v) is 23.1. The normalized spacial score (nSPS) is 13.0. The molecule has 0 saturated heterocycles. The summed E-state index contributed by atoms with van der Waals surface area (Å²) < 4.78 is 21.8. The molecule has 0 spiro atoms. The van der Waals surface area contributed by atoms with Crippen LogP contribution in [0.4, 0.5) is 9.59 Å². The van der Waals surface area contributed by atoms with Crippen LogP contribution in [0.1, 0.15) is 126 Å². The summed E-state index contributed by atoms with van der Waals surface area (Å²) in [4.78, 5) is 74.8. The number of carboxylic acid groups (broad SMARTS) is 1. The highest BCUT2D eigenvalue weighted by Crippen LogP contribution is 2.21. The van der Waals surface area contributed by atoms with Crippen LogP contribution >= 0.6 is 0 Å². The van der Waals surface area contributed by atoms with E-state index in [9.17, 15) is 33.9 Å². The van der Waals surface area contributed by atoms with Gasteiger partial charge in [0.25, 0.3) is 0 Å². The van der Waals surface area contributed by atoms with Crippen LogP contribution in [-0.2, 0) is 41.5 Å². The van der Waals surface area contributed by atoms with Gasteiger partial charge in [-0.2, -0.15) is 0 Å². The largest absolute Gasteiger partial charge is 0.488 e. The van der Waals surface area contributed by atoms with Gasteiger partial charge in [0.1, 0.15) is 53.4 Å². The molecule has 2 aromatic rings. The maximum Gasteiger partial charge on any atom is 0.408 e. The van der Waals surface area contributed by atoms with Crippen molar-refractivity contribution in [1.82, 2.24) is 16.0 Å². The van der Waals surface area contributed by atoms with E-state index < -0.39 is 76.8 Å². The highest BCUT2D eigenvalue weighted by molar-refractivity contribution is 5.91. The third kappa shape index (κ3) is 34.1. The predicted molar refractivity (Wildman–Crippen MR) is 273 cm³/mol. The summed E-state index contributed by atoms with van der Waals surface area (Å²) >= 11 is 0. The molecule has 4 unspecified atom stereocenters. The summed E-state index contributed by atoms with van der Waals surface area (Å²) in [6.07, 6.45) is 2.14. The lowest BCUT2D eigenvalue weighted by atomic mass is 10.0. The number of alkyl carbamates (subject to hydrolysis) is 2. The van der Waals surface area contributed by atoms with E-state index in [0.717, 1.165) is 24.0 Å². The zero-order valence-electron chi connectivity index (χ0n) is 43.4. The lowest BCUT2D eigenvalue weighted by Gasteiger charge is -2.25. The second-order valence-corrected chi connectivity index (χ2v) is 20.2. The van der Waals surface area contributed by atoms with Crippen LogP contribution in [0.5, 0.6) is 11.5 Å². The Morgan fingerprint density at radius 3 is 1.45 bits per heavy atom. The molecule has 0 bridgehead atoms. The minimum atomic E-state index is -1.12. The number of rotatable bonds is 23. The quantitative estimate of drug-likeness (QED) is 0.0326. The second-order valence-electron chi connectivity index (χ2n) is 20.2. The molecule has 2 aromatic carbocycles. The van der Waals surface area contributed by atoms with Crippen molar-refractivity contribution in [2.45, 2.75) is 174 Å². The fourth-order valence-corrected chi connectivity index (χ4v) is 5.72. The Labute approximate surface area is 418 Å². The van der Waals surface area contributed by atoms with Crippen molar-refractivity contribution in [2.75, 3.05) is 6.54 Å². The van der Waals surface area contributed by atoms with E-state index in [1.807, 2.05) is 34.6 Å². The lowest BCUT2D eigenvalue weighted by Crippen LogP contribution is -2.54. The predicted octanol–water partition coefficient (Wildman–Crippen LogP) is 3.82. The summed E-state index contributed by atoms with van der Waals surface area (Å²) in [5.41, 5.74) is 30.7. The Balaban J connectivity index is 0.00000117. The number of ether oxygens (including phenoxy) is 4. The van der Waals surface area contributed by atoms with Gasteiger partial charge in [0, 0.05) is 39.7 Å². The van der Waals surface area contributed by atoms with Crippen molar-refractivity contribution in [1.29, 1.82) is 5.41 Å². The van der Waals surface area contributed by atoms with E-state index in [1.165, 1.54) is 0 Å². The summed E-state index contributed by atoms with van der Waals surface area (Å²) in [6.45, 7) is 23.9. The average molecular weight is 1000 g/mol. The number of primary amides is 2. The van der Waals surface area contributed by atoms with Gasteiger partial charge >= 0.3 is 18.2 Å². The van der Waals surface area contributed by atoms with E-state index in [1.54, 1.807) is 90.1 Å². The van der Waals surface area contributed by atoms with Gasteiger partial charge in [-0.05, 0) is 123 Å². The fourth-order valence-electron chi connectivity index (χ4n) is 5.72. The van der Waals surface area contributed by atoms with Gasteiger partial charge in [-0.25, -0.2) is 14.4 Å². The van der Waals surface area contributed by atoms with Gasteiger partial charge < -0.3 is 74.4 Å². The number of aliphatic imine (C=N–C) groups is 1. The average Bonchev–Trinajstić information content (AvgIpc) is 3.19. The topological polar surface area (TPSA) is 388 Å². The molecule has 0 radical (unpaired) electrons. The van der Waals surface area contributed by atoms with Gasteiger partial charge in [-0.3, -0.25) is 24.8 Å². The van der Waals surface area contributed by atoms with Crippen LogP contribution in [0.15, 0.2) is 53.5 Å². The molecule has 0 aliphatic carbocycles. The molecule has 4 atom stereocenters. The Hall–Kier alpha value is -6.97. The van der Waals surface area contributed by atoms with E-state index >= 15 is 0 Å². The first-order valence-electron chi connectivity index (χ1n) is 23.1. The molecule has 0 fully saturated rings. The number of aliphatic carboxylic acids is 1. The zero-order valence-corrected chi connectivity index (χ0v) is 43.4. The molecule has 0 heterocycles. The number of unbranched alkanes of at least 4 members (excludes halogenated alkanes) is 1. The number of hydrogen-bond acceptors (Lipinski definition) is 13. The first-order chi connectivity index (χ1) is 32.4. The van der Waals surface area contributed by atoms with Crippen molar-refractivity contribution in [3.05, 3.63) is 66.6 Å². The molecule has 0 aliphatic heterocycles. The van der Waals surface area contributed by atoms with E-state index in [0.29, 0.717) is 30.8 Å². The van der Waals surface area contributed by atoms with Gasteiger partial charge in [-0.1, -0.05) is 30.7 Å². The molecule has 22 heteroatoms. The number of nitrogens with one attached hydrogen (secondary N) is 4. The summed E-state index contributed by atoms with van der Waals surface area (Å²) in [7, 11) is 0. The number of nitrogens with two attached hydrogens (primary N) is 6. The standard InChI is InChI=1S/C24H40N6O5.C18H25NO5.C7H16N4O/c1-23(2,3)34-16-11-9-15(10-12-16)14-18(30-22(33)35-24(4,5)6)20(32)29-17(19(25)31)8-7-13-28-21(26)27;1-17(2,3)23-13-9-7-12(8-10-13)11-14(15(20)21)19-16(22)24-18(4,5)6;8-5(7(11)12)3-1-2-4-6(9)10/h9-12,17-18H,7-8,13-14H2,1-6H3,(H2,25,31)(H,29,32)(H,30,33)(H4,26,27,28);7-10,14H,1,11H2,2-6H3,(H-,19,20,21,22);5H,1-4,8H2,(H3,9,10)(H2,11,12)/p+1. The molecule has 2 rings (SSSR count). The van der Waals surface area contributed by atoms with Gasteiger partial charge in [0.05, 0.1) is 11.9 Å². The zero-order chi connectivity index (χ0) is 54.9. The van der Waals surface area contributed by atoms with E-state index in [2.05, 4.69) is 27.9 Å². The monoisotopic (exact) mass is 1000 g/mol. The molecule has 17 N–H and O–H groups in total. The van der Waals surface area contributed by atoms with Gasteiger partial charge in [0.15, 0.2) is 5.96 Å². The van der Waals surface area contributed by atoms with Crippen LogP contribution in [-0.4, -0.2) is 106 Å². The van der Waals surface area contributed by atoms with E-state index in [4.69, 9.17) is 58.8 Å². The third-order valence-electron chi connectivity index (χ3n) is 8.72. The van der Waals surface area contributed by atoms with Gasteiger partial charge in [0.2, 0.25) is 23.3 Å². The number of carbonyl (C=O) groups is 6. The number of benzene rings is 2. The summed E-state index contributed by atoms with van der Waals surface area (Å²) in [5, 5.41) is 23.8. The minimum Gasteiger partial charge on any atom is -0.488 e. The highest BCUT2D eigenvalue weighted by Gasteiger charge is 2.29. The fraction of sp³-hybridized carbons (Fsp3) is 0.571. The molecule has 0 aromatic heterocycles. The van der Waals surface area contributed by atoms with Crippen molar-refractivity contribution in [3.63, 3.8) is 0 Å². The van der Waals surface area contributed by atoms with E-state index in [-0.39, 0.29) is 43.2 Å². The van der Waals surface area contributed by atoms with Crippen molar-refractivity contribution < 1.29 is 52.8 Å². The molecule has 398 valence electrons. The van der Waals surface area contributed by atoms with Crippen molar-refractivity contribution in [3.8, 4) is 11.5 Å². The number of carboxylic acids is 1. The molecular formula is C49H82N11O11+. The molecule has 22 nitrogen and oxygen atoms in total. The van der Waals surface area contributed by atoms with Crippen LogP contribution in [0, 0.1) is 12.3 Å². The summed E-state index contributed by atoms with van der Waals surface area (Å²) in [5.74, 6) is -1.45. The number of carbonyl (C=O) groups excluding carboxylic acids is 5. The highest BCUT2D eigenvalue weighted by atomic mass is 16.6. The smallest absolute Gasteiger partial charge is 0.408 e. The molecule has 0 saturated carbocycles. The van der Waals surface area contributed by atoms with Gasteiger partial charge in [-0.15, -0.1) is 0 Å². The number of amidine groups is 1. The number of hydrogen-bond donors (Lipinski definition) is 11. The molecule has 71 heavy (non-hydrogen) atoms. The van der Waals surface area contributed by atoms with Crippen LogP contribution in [0.2, 0.25) is 0 Å². The number of amides is 5. The second kappa shape index (κ2) is 29.9. The maximum atomic E-state index is 13.1. The van der Waals surface area contributed by atoms with Crippen LogP contribution in [0.25, 0.3) is 0 Å². The van der Waals surface area contributed by atoms with Crippen molar-refractivity contribution in [2.24, 2.45) is 39.4 Å². The maximum absolute atomic E-state index is 13.1. The molecule has 5 amide bonds. The molecule has 0 aliphatic rings. The minimum absolute atomic E-state index is 0.0646. The number of nitrogens with zero attached hydrogens (tertiary/aromatic N) is 1. The van der Waals surface area contributed by atoms with Crippen molar-refractivity contribution >= 4 is 47.7 Å². The Morgan fingerprint density at radius 1 is 0.620 bits per heavy atom. The summed E-state index contributed by atoms with van der Waals surface area (Å²) in [6, 6.07) is 10.6. The van der Waals surface area contributed by atoms with Crippen LogP contribution in [0.3, 0.4) is 0 Å². The SMILES string of the molecule is CC(C)(C)OC(=O)NC(Cc1ccc(OC(C)(C)C)cc1)C(=O)NC(CCCN=C(N)N)C(N)=O.N=C(N)CCCCC(N)C(N)=O.[CH2+]C(C)(C)Oc1ccc(CC(NC(=O)OC(C)(C)C)C(=O)O)cc1. The van der Waals surface area contributed by atoms with Crippen LogP contribution < -0.4 is 59.8 Å². The lowest BCUT2D eigenvalue weighted by molar-refractivity contribution is -0.139. The Morgan fingerprint density at radius 2 is 1.07 bits per heavy atom. The third-order valence-corrected chi connectivity index (χ3v) is 8.72. The first kappa shape index (κ1) is 64.0.